The van der Waals surface area contributed by atoms with Gasteiger partial charge in [0.2, 0.25) is 5.91 Å². The molecule has 5 N–H and O–H groups in total. The monoisotopic (exact) mass is 1010 g/mol. The Labute approximate surface area is 435 Å². The van der Waals surface area contributed by atoms with Crippen molar-refractivity contribution in [3.05, 3.63) is 83.0 Å². The van der Waals surface area contributed by atoms with Gasteiger partial charge in [-0.3, -0.25) is 14.6 Å². The number of phenolic OH excluding ortho intramolecular Hbond substituents is 1. The van der Waals surface area contributed by atoms with Crippen LogP contribution in [0.1, 0.15) is 176 Å². The SMILES string of the molecule is CC(=O)O[C@@]12CCc3cc(c(O)c4c3[C@H]3C=C[C@@]5(CCC[C@@H]5C3)O4)CN3C[C@@]4(CC3=O)[C@@H](CC[C@H]4c3ccccc3)CN=C(N)N[C@]3(CCCC34CCCC4)SS[C@H]3C=C[C@H]4C[C@@H]3CC[C@@H]4[C@H](CC1)[C@H](O)C2. The number of carbonyl (C=O) groups is 2. The number of aromatic hydroxyl groups is 1. The summed E-state index contributed by atoms with van der Waals surface area (Å²) in [6.45, 7) is 2.94. The van der Waals surface area contributed by atoms with Crippen molar-refractivity contribution in [1.82, 2.24) is 10.2 Å². The summed E-state index contributed by atoms with van der Waals surface area (Å²) in [7, 11) is 4.15. The number of aliphatic imine (C=N–C) groups is 1. The number of benzene rings is 2. The number of phenols is 1. The first-order valence-corrected chi connectivity index (χ1v) is 30.7. The van der Waals surface area contributed by atoms with Crippen molar-refractivity contribution in [3.63, 3.8) is 0 Å². The van der Waals surface area contributed by atoms with E-state index >= 15 is 0 Å². The van der Waals surface area contributed by atoms with Gasteiger partial charge in [0.05, 0.1) is 6.10 Å². The highest BCUT2D eigenvalue weighted by atomic mass is 33.1. The second kappa shape index (κ2) is 18.3. The lowest BCUT2D eigenvalue weighted by Crippen LogP contribution is -2.56. The maximum atomic E-state index is 14.9. The fraction of sp³-hybridized carbons (Fsp3) is 0.683. The number of amides is 1. The summed E-state index contributed by atoms with van der Waals surface area (Å²) in [5, 5.41) is 29.4. The molecule has 14 atom stereocenters. The van der Waals surface area contributed by atoms with Crippen LogP contribution >= 0.6 is 21.6 Å². The smallest absolute Gasteiger partial charge is 0.303 e. The van der Waals surface area contributed by atoms with Crippen molar-refractivity contribution in [2.75, 3.05) is 13.1 Å². The molecule has 8 aliphatic carbocycles. The van der Waals surface area contributed by atoms with Gasteiger partial charge in [0, 0.05) is 78.4 Å². The van der Waals surface area contributed by atoms with Crippen LogP contribution in [0.4, 0.5) is 0 Å². The molecule has 1 saturated heterocycles. The van der Waals surface area contributed by atoms with Gasteiger partial charge in [-0.2, -0.15) is 0 Å². The fourth-order valence-electron chi connectivity index (χ4n) is 18.3. The Morgan fingerprint density at radius 2 is 1.75 bits per heavy atom. The summed E-state index contributed by atoms with van der Waals surface area (Å²) < 4.78 is 13.6. The third kappa shape index (κ3) is 7.91. The Morgan fingerprint density at radius 1 is 0.903 bits per heavy atom. The van der Waals surface area contributed by atoms with E-state index in [9.17, 15) is 19.8 Å². The highest BCUT2D eigenvalue weighted by Crippen LogP contribution is 2.65. The van der Waals surface area contributed by atoms with Crippen LogP contribution in [0.3, 0.4) is 0 Å². The lowest BCUT2D eigenvalue weighted by Gasteiger charge is -2.50. The quantitative estimate of drug-likeness (QED) is 0.130. The second-order valence-electron chi connectivity index (χ2n) is 25.2. The molecule has 7 fully saturated rings. The Balaban J connectivity index is 0.895. The van der Waals surface area contributed by atoms with Gasteiger partial charge in [-0.15, -0.1) is 0 Å². The van der Waals surface area contributed by atoms with Gasteiger partial charge in [0.1, 0.15) is 16.1 Å². The first-order valence-electron chi connectivity index (χ1n) is 28.5. The van der Waals surface area contributed by atoms with Crippen molar-refractivity contribution >= 4 is 39.4 Å². The zero-order chi connectivity index (χ0) is 49.0. The lowest BCUT2D eigenvalue weighted by molar-refractivity contribution is -0.171. The molecule has 12 bridgehead atoms. The number of aliphatic hydroxyl groups excluding tert-OH is 1. The van der Waals surface area contributed by atoms with Crippen LogP contribution in [0.25, 0.3) is 0 Å². The van der Waals surface area contributed by atoms with Crippen molar-refractivity contribution < 1.29 is 29.3 Å². The summed E-state index contributed by atoms with van der Waals surface area (Å²) in [5.74, 6) is 3.49. The number of nitrogens with two attached hydrogens (primary N) is 1. The average Bonchev–Trinajstić information content (AvgIpc) is 4.19. The number of esters is 1. The molecule has 0 radical (unpaired) electrons. The Kier molecular flexibility index (Phi) is 12.2. The van der Waals surface area contributed by atoms with Crippen LogP contribution in [-0.2, 0) is 27.3 Å². The summed E-state index contributed by atoms with van der Waals surface area (Å²) >= 11 is 0. The number of aryl methyl sites for hydroxylation is 1. The molecule has 12 heteroatoms. The molecule has 10 nitrogen and oxygen atoms in total. The minimum Gasteiger partial charge on any atom is -0.504 e. The summed E-state index contributed by atoms with van der Waals surface area (Å²) in [6.07, 6.45) is 30.6. The van der Waals surface area contributed by atoms with E-state index in [1.165, 1.54) is 57.4 Å². The predicted molar refractivity (Wildman–Crippen MR) is 285 cm³/mol. The number of allylic oxidation sites excluding steroid dienone is 2. The van der Waals surface area contributed by atoms with E-state index in [4.69, 9.17) is 20.2 Å². The van der Waals surface area contributed by atoms with Gasteiger partial charge < -0.3 is 35.6 Å². The third-order valence-corrected chi connectivity index (χ3v) is 25.5. The van der Waals surface area contributed by atoms with Crippen molar-refractivity contribution in [3.8, 4) is 11.5 Å². The maximum absolute atomic E-state index is 14.9. The van der Waals surface area contributed by atoms with Gasteiger partial charge >= 0.3 is 5.97 Å². The van der Waals surface area contributed by atoms with E-state index in [0.29, 0.717) is 85.0 Å². The van der Waals surface area contributed by atoms with Crippen molar-refractivity contribution in [2.24, 2.45) is 57.1 Å². The molecule has 6 saturated carbocycles. The number of nitrogens with one attached hydrogen (secondary N) is 1. The standard InChI is InChI=1S/C60H78N4O6S2/c1-37(65)69-57-26-18-41-30-43(53(68)54-52(41)42-19-28-59(70-54)24-7-11-44(59)31-42)35-64-36-58(33-51(64)67)45(14-16-48(58)38-9-3-2-4-10-38)34-62-55(61)63-60(25-8-23-56(60)21-5-6-22-56)72-71-50-17-13-39-29-40(50)12-15-46(39)47(20-27-57)49(66)32-57/h2-4,9-10,13,17,19,28,30,39-40,42,44-50,66,68H,5-8,11-12,14-16,18,20-27,29,31-36H2,1H3,(H3,61,62,63)/t39-,40-,42-,44+,45-,46-,47-,48-,49+,50-,57-,58-,59+,60+/m0/s1. The zero-order valence-electron chi connectivity index (χ0n) is 42.5. The van der Waals surface area contributed by atoms with E-state index in [1.807, 2.05) is 4.90 Å². The highest BCUT2D eigenvalue weighted by molar-refractivity contribution is 8.77. The first-order chi connectivity index (χ1) is 34.9. The van der Waals surface area contributed by atoms with Crippen LogP contribution in [0, 0.1) is 46.3 Å². The minimum absolute atomic E-state index is 0.0903. The fourth-order valence-corrected chi connectivity index (χ4v) is 22.4. The van der Waals surface area contributed by atoms with Gasteiger partial charge in [-0.25, -0.2) is 0 Å². The first kappa shape index (κ1) is 48.1. The van der Waals surface area contributed by atoms with Crippen LogP contribution in [0.5, 0.6) is 11.5 Å². The molecule has 8 aliphatic heterocycles. The average molecular weight is 1020 g/mol. The minimum atomic E-state index is -0.806. The number of hydrogen-bond donors (Lipinski definition) is 4. The molecule has 18 rings (SSSR count). The lowest BCUT2D eigenvalue weighted by atomic mass is 9.60. The highest BCUT2D eigenvalue weighted by Gasteiger charge is 2.60. The Bertz CT molecular complexity index is 2540. The topological polar surface area (TPSA) is 147 Å². The van der Waals surface area contributed by atoms with Crippen LogP contribution in [-0.4, -0.2) is 73.5 Å². The van der Waals surface area contributed by atoms with E-state index in [1.54, 1.807) is 0 Å². The van der Waals surface area contributed by atoms with Gasteiger partial charge in [0.25, 0.3) is 0 Å². The molecule has 0 unspecified atom stereocenters. The van der Waals surface area contributed by atoms with Crippen molar-refractivity contribution in [2.45, 2.75) is 194 Å². The number of guanidine groups is 1. The van der Waals surface area contributed by atoms with Gasteiger partial charge in [0.15, 0.2) is 17.5 Å². The van der Waals surface area contributed by atoms with E-state index in [-0.39, 0.29) is 63.5 Å². The van der Waals surface area contributed by atoms with Gasteiger partial charge in [-0.05, 0) is 174 Å². The van der Waals surface area contributed by atoms with Crippen LogP contribution < -0.4 is 15.8 Å². The molecule has 72 heavy (non-hydrogen) atoms. The normalized spacial score (nSPS) is 41.8. The van der Waals surface area contributed by atoms with Crippen LogP contribution in [0.15, 0.2) is 65.7 Å². The summed E-state index contributed by atoms with van der Waals surface area (Å²) in [4.78, 5) is 35.1. The van der Waals surface area contributed by atoms with E-state index in [2.05, 4.69) is 87.6 Å². The van der Waals surface area contributed by atoms with Gasteiger partial charge in [-0.1, -0.05) is 83.0 Å². The number of ether oxygens (including phenoxy) is 2. The molecule has 2 aromatic rings. The number of nitrogens with zero attached hydrogens (tertiary/aromatic N) is 2. The molecular formula is C60H78N4O6S2. The number of aliphatic hydroxyl groups is 1. The summed E-state index contributed by atoms with van der Waals surface area (Å²) in [5.41, 5.74) is 9.89. The zero-order valence-corrected chi connectivity index (χ0v) is 44.2. The molecule has 386 valence electrons. The molecule has 16 aliphatic rings. The molecule has 4 spiro atoms. The number of carbonyl (C=O) groups excluding carboxylic acids is 2. The van der Waals surface area contributed by atoms with E-state index in [0.717, 1.165) is 81.8 Å². The summed E-state index contributed by atoms with van der Waals surface area (Å²) in [6, 6.07) is 13.0. The number of hydrogen-bond acceptors (Lipinski definition) is 11. The molecule has 1 amide bonds. The Hall–Kier alpha value is -3.61. The third-order valence-electron chi connectivity index (χ3n) is 21.8. The molecular weight excluding hydrogens is 937 g/mol. The Morgan fingerprint density at radius 3 is 2.58 bits per heavy atom. The predicted octanol–water partition coefficient (Wildman–Crippen LogP) is 11.4. The van der Waals surface area contributed by atoms with E-state index < -0.39 is 17.3 Å². The van der Waals surface area contributed by atoms with Crippen molar-refractivity contribution in [1.29, 1.82) is 0 Å². The maximum Gasteiger partial charge on any atom is 0.303 e. The molecule has 2 aromatic carbocycles. The second-order valence-corrected chi connectivity index (χ2v) is 27.9. The number of rotatable bonds is 2. The molecule has 0 aromatic heterocycles. The molecule has 8 heterocycles. The van der Waals surface area contributed by atoms with Crippen LogP contribution in [0.2, 0.25) is 0 Å². The largest absolute Gasteiger partial charge is 0.504 e.